The summed E-state index contributed by atoms with van der Waals surface area (Å²) in [6, 6.07) is 12.4. The molecule has 0 unspecified atom stereocenters. The Kier molecular flexibility index (Phi) is 5.85. The Morgan fingerprint density at radius 1 is 1.13 bits per heavy atom. The van der Waals surface area contributed by atoms with Crippen molar-refractivity contribution in [1.82, 2.24) is 10.6 Å². The van der Waals surface area contributed by atoms with Crippen molar-refractivity contribution in [3.8, 4) is 0 Å². The Labute approximate surface area is 139 Å². The van der Waals surface area contributed by atoms with Gasteiger partial charge in [-0.3, -0.25) is 4.99 Å². The highest BCUT2D eigenvalue weighted by Gasteiger charge is 2.22. The van der Waals surface area contributed by atoms with Crippen LogP contribution in [-0.2, 0) is 11.8 Å². The third kappa shape index (κ3) is 4.88. The molecule has 0 saturated carbocycles. The number of benzene rings is 1. The van der Waals surface area contributed by atoms with E-state index in [0.717, 1.165) is 31.2 Å². The van der Waals surface area contributed by atoms with Gasteiger partial charge in [-0.2, -0.15) is 0 Å². The molecule has 2 rings (SSSR count). The van der Waals surface area contributed by atoms with Gasteiger partial charge in [0.25, 0.3) is 0 Å². The van der Waals surface area contributed by atoms with Gasteiger partial charge in [0.05, 0.1) is 6.26 Å². The summed E-state index contributed by atoms with van der Waals surface area (Å²) >= 11 is 0. The predicted molar refractivity (Wildman–Crippen MR) is 96.0 cm³/mol. The van der Waals surface area contributed by atoms with E-state index in [2.05, 4.69) is 60.7 Å². The van der Waals surface area contributed by atoms with Gasteiger partial charge in [-0.05, 0) is 30.2 Å². The van der Waals surface area contributed by atoms with Crippen LogP contribution in [0.4, 0.5) is 0 Å². The van der Waals surface area contributed by atoms with Crippen molar-refractivity contribution >= 4 is 5.96 Å². The topological polar surface area (TPSA) is 49.6 Å². The number of furan rings is 1. The van der Waals surface area contributed by atoms with Crippen molar-refractivity contribution in [3.05, 3.63) is 59.5 Å². The Balaban J connectivity index is 1.86. The maximum absolute atomic E-state index is 5.33. The van der Waals surface area contributed by atoms with Gasteiger partial charge in [-0.25, -0.2) is 0 Å². The molecule has 0 saturated heterocycles. The Morgan fingerprint density at radius 3 is 2.57 bits per heavy atom. The second kappa shape index (κ2) is 7.86. The first-order chi connectivity index (χ1) is 11.0. The molecule has 0 radical (unpaired) electrons. The zero-order chi connectivity index (χ0) is 16.7. The molecule has 0 spiro atoms. The first-order valence-corrected chi connectivity index (χ1v) is 8.06. The molecule has 0 amide bonds. The summed E-state index contributed by atoms with van der Waals surface area (Å²) in [5.41, 5.74) is 2.71. The van der Waals surface area contributed by atoms with E-state index >= 15 is 0 Å². The van der Waals surface area contributed by atoms with Gasteiger partial charge in [-0.1, -0.05) is 38.1 Å². The number of hydrogen-bond donors (Lipinski definition) is 2. The molecule has 0 aliphatic heterocycles. The molecule has 2 N–H and O–H groups in total. The molecule has 4 nitrogen and oxygen atoms in total. The minimum absolute atomic E-state index is 0.0317. The monoisotopic (exact) mass is 313 g/mol. The summed E-state index contributed by atoms with van der Waals surface area (Å²) in [5, 5.41) is 6.75. The second-order valence-corrected chi connectivity index (χ2v) is 6.38. The molecular weight excluding hydrogens is 286 g/mol. The highest BCUT2D eigenvalue weighted by molar-refractivity contribution is 5.79. The van der Waals surface area contributed by atoms with Gasteiger partial charge in [0.2, 0.25) is 0 Å². The first-order valence-electron chi connectivity index (χ1n) is 8.06. The summed E-state index contributed by atoms with van der Waals surface area (Å²) in [6.45, 7) is 8.26. The highest BCUT2D eigenvalue weighted by Crippen LogP contribution is 2.25. The SMILES string of the molecule is CN=C(NCCc1ccco1)NCC(C)(C)c1ccccc1C. The molecule has 0 bridgehead atoms. The quantitative estimate of drug-likeness (QED) is 0.635. The molecule has 0 atom stereocenters. The number of nitrogens with one attached hydrogen (secondary N) is 2. The fourth-order valence-corrected chi connectivity index (χ4v) is 2.71. The van der Waals surface area contributed by atoms with Crippen LogP contribution in [0, 0.1) is 6.92 Å². The van der Waals surface area contributed by atoms with Crippen LogP contribution in [0.15, 0.2) is 52.1 Å². The van der Waals surface area contributed by atoms with Crippen molar-refractivity contribution in [3.63, 3.8) is 0 Å². The largest absolute Gasteiger partial charge is 0.469 e. The van der Waals surface area contributed by atoms with Gasteiger partial charge < -0.3 is 15.1 Å². The molecule has 0 aliphatic rings. The number of guanidine groups is 1. The molecule has 0 fully saturated rings. The summed E-state index contributed by atoms with van der Waals surface area (Å²) in [6.07, 6.45) is 2.54. The van der Waals surface area contributed by atoms with Gasteiger partial charge in [0, 0.05) is 32.0 Å². The van der Waals surface area contributed by atoms with Crippen LogP contribution in [0.3, 0.4) is 0 Å². The third-order valence-corrected chi connectivity index (χ3v) is 4.04. The number of aryl methyl sites for hydroxylation is 1. The van der Waals surface area contributed by atoms with Crippen LogP contribution < -0.4 is 10.6 Å². The Morgan fingerprint density at radius 2 is 1.91 bits per heavy atom. The summed E-state index contributed by atoms with van der Waals surface area (Å²) in [4.78, 5) is 4.29. The molecule has 2 aromatic rings. The van der Waals surface area contributed by atoms with E-state index in [4.69, 9.17) is 4.42 Å². The van der Waals surface area contributed by atoms with Crippen molar-refractivity contribution in [2.45, 2.75) is 32.6 Å². The minimum Gasteiger partial charge on any atom is -0.469 e. The average molecular weight is 313 g/mol. The van der Waals surface area contributed by atoms with Crippen molar-refractivity contribution in [1.29, 1.82) is 0 Å². The van der Waals surface area contributed by atoms with Crippen LogP contribution >= 0.6 is 0 Å². The highest BCUT2D eigenvalue weighted by atomic mass is 16.3. The minimum atomic E-state index is 0.0317. The summed E-state index contributed by atoms with van der Waals surface area (Å²) in [7, 11) is 1.79. The van der Waals surface area contributed by atoms with Crippen molar-refractivity contribution in [2.75, 3.05) is 20.1 Å². The maximum atomic E-state index is 5.33. The lowest BCUT2D eigenvalue weighted by Gasteiger charge is -2.28. The number of hydrogen-bond acceptors (Lipinski definition) is 2. The van der Waals surface area contributed by atoms with Gasteiger partial charge in [0.1, 0.15) is 5.76 Å². The van der Waals surface area contributed by atoms with Crippen LogP contribution in [0.5, 0.6) is 0 Å². The first kappa shape index (κ1) is 17.1. The van der Waals surface area contributed by atoms with Crippen molar-refractivity contribution in [2.24, 2.45) is 4.99 Å². The lowest BCUT2D eigenvalue weighted by Crippen LogP contribution is -2.44. The third-order valence-electron chi connectivity index (χ3n) is 4.04. The zero-order valence-corrected chi connectivity index (χ0v) is 14.5. The number of aliphatic imine (C=N–C) groups is 1. The maximum Gasteiger partial charge on any atom is 0.191 e. The van der Waals surface area contributed by atoms with E-state index in [-0.39, 0.29) is 5.41 Å². The standard InChI is InChI=1S/C19H27N3O/c1-15-8-5-6-10-17(15)19(2,3)14-22-18(20-4)21-12-11-16-9-7-13-23-16/h5-10,13H,11-12,14H2,1-4H3,(H2,20,21,22). The molecule has 0 aliphatic carbocycles. The number of nitrogens with zero attached hydrogens (tertiary/aromatic N) is 1. The van der Waals surface area contributed by atoms with E-state index < -0.39 is 0 Å². The Hall–Kier alpha value is -2.23. The zero-order valence-electron chi connectivity index (χ0n) is 14.5. The number of rotatable bonds is 6. The summed E-state index contributed by atoms with van der Waals surface area (Å²) in [5.74, 6) is 1.80. The molecule has 4 heteroatoms. The van der Waals surface area contributed by atoms with E-state index in [1.165, 1.54) is 11.1 Å². The van der Waals surface area contributed by atoms with Gasteiger partial charge in [0.15, 0.2) is 5.96 Å². The van der Waals surface area contributed by atoms with Gasteiger partial charge >= 0.3 is 0 Å². The van der Waals surface area contributed by atoms with Crippen LogP contribution in [0.1, 0.15) is 30.7 Å². The van der Waals surface area contributed by atoms with Crippen molar-refractivity contribution < 1.29 is 4.42 Å². The molecule has 1 heterocycles. The van der Waals surface area contributed by atoms with E-state index in [9.17, 15) is 0 Å². The van der Waals surface area contributed by atoms with E-state index in [0.29, 0.717) is 0 Å². The normalized spacial score (nSPS) is 12.3. The molecule has 124 valence electrons. The van der Waals surface area contributed by atoms with Crippen LogP contribution in [0.2, 0.25) is 0 Å². The fourth-order valence-electron chi connectivity index (χ4n) is 2.71. The molecule has 1 aromatic heterocycles. The molecule has 1 aromatic carbocycles. The van der Waals surface area contributed by atoms with E-state index in [1.54, 1.807) is 13.3 Å². The van der Waals surface area contributed by atoms with E-state index in [1.807, 2.05) is 12.1 Å². The average Bonchev–Trinajstić information content (AvgIpc) is 3.04. The Bertz CT molecular complexity index is 630. The van der Waals surface area contributed by atoms with Crippen LogP contribution in [-0.4, -0.2) is 26.1 Å². The van der Waals surface area contributed by atoms with Gasteiger partial charge in [-0.15, -0.1) is 0 Å². The van der Waals surface area contributed by atoms with Crippen LogP contribution in [0.25, 0.3) is 0 Å². The molecule has 23 heavy (non-hydrogen) atoms. The predicted octanol–water partition coefficient (Wildman–Crippen LogP) is 3.27. The summed E-state index contributed by atoms with van der Waals surface area (Å²) < 4.78 is 5.33. The fraction of sp³-hybridized carbons (Fsp3) is 0.421. The lowest BCUT2D eigenvalue weighted by molar-refractivity contribution is 0.498. The second-order valence-electron chi connectivity index (χ2n) is 6.38. The molecular formula is C19H27N3O. The smallest absolute Gasteiger partial charge is 0.191 e. The lowest BCUT2D eigenvalue weighted by atomic mass is 9.82.